The van der Waals surface area contributed by atoms with Crippen LogP contribution in [0.3, 0.4) is 0 Å². The highest BCUT2D eigenvalue weighted by Gasteiger charge is 2.29. The largest absolute Gasteiger partial charge is 0.419 e. The molecule has 32 heavy (non-hydrogen) atoms. The highest BCUT2D eigenvalue weighted by atomic mass is 28.2. The molecule has 194 valence electrons. The maximum Gasteiger partial charge on any atom is 0.162 e. The zero-order valence-corrected chi connectivity index (χ0v) is 26.2. The lowest BCUT2D eigenvalue weighted by atomic mass is 9.87. The lowest BCUT2D eigenvalue weighted by Gasteiger charge is -2.35. The van der Waals surface area contributed by atoms with Crippen LogP contribution in [0.25, 0.3) is 0 Å². The number of rotatable bonds is 25. The fourth-order valence-electron chi connectivity index (χ4n) is 5.23. The van der Waals surface area contributed by atoms with Gasteiger partial charge < -0.3 is 8.85 Å². The third-order valence-corrected chi connectivity index (χ3v) is 10.4. The van der Waals surface area contributed by atoms with Crippen LogP contribution in [0.1, 0.15) is 157 Å². The Hall–Kier alpha value is 0.354. The maximum absolute atomic E-state index is 6.77. The van der Waals surface area contributed by atoms with Crippen LogP contribution in [-0.4, -0.2) is 30.7 Å². The number of hydrogen-bond donors (Lipinski definition) is 0. The average molecular weight is 487 g/mol. The molecule has 0 aliphatic rings. The minimum absolute atomic E-state index is 0.225. The Kier molecular flexibility index (Phi) is 22.1. The van der Waals surface area contributed by atoms with Crippen molar-refractivity contribution in [3.8, 4) is 0 Å². The van der Waals surface area contributed by atoms with Crippen LogP contribution in [0.15, 0.2) is 0 Å². The Morgan fingerprint density at radius 3 is 0.969 bits per heavy atom. The molecular weight excluding hydrogens is 424 g/mol. The lowest BCUT2D eigenvalue weighted by Crippen LogP contribution is -2.34. The van der Waals surface area contributed by atoms with E-state index in [1.165, 1.54) is 128 Å². The van der Waals surface area contributed by atoms with Crippen molar-refractivity contribution < 1.29 is 8.85 Å². The van der Waals surface area contributed by atoms with E-state index in [9.17, 15) is 0 Å². The molecule has 0 atom stereocenters. The highest BCUT2D eigenvalue weighted by Crippen LogP contribution is 2.32. The van der Waals surface area contributed by atoms with E-state index in [2.05, 4.69) is 41.5 Å². The van der Waals surface area contributed by atoms with Gasteiger partial charge in [-0.2, -0.15) is 0 Å². The van der Waals surface area contributed by atoms with E-state index in [1.54, 1.807) is 0 Å². The van der Waals surface area contributed by atoms with Crippen LogP contribution in [0.4, 0.5) is 0 Å². The minimum atomic E-state index is -0.387. The number of unbranched alkanes of at least 4 members (excludes halogenated alkanes) is 5. The zero-order valence-electron chi connectivity index (χ0n) is 23.4. The summed E-state index contributed by atoms with van der Waals surface area (Å²) in [6.45, 7) is 13.9. The molecule has 0 aromatic carbocycles. The molecule has 0 amide bonds. The van der Waals surface area contributed by atoms with Crippen molar-refractivity contribution in [3.63, 3.8) is 0 Å². The van der Waals surface area contributed by atoms with E-state index in [-0.39, 0.29) is 30.7 Å². The summed E-state index contributed by atoms with van der Waals surface area (Å²) in [6, 6.07) is 2.73. The molecular formula is C28H62O2Si2. The molecule has 0 aliphatic carbocycles. The van der Waals surface area contributed by atoms with Gasteiger partial charge in [-0.3, -0.25) is 0 Å². The van der Waals surface area contributed by atoms with E-state index in [1.807, 2.05) is 0 Å². The summed E-state index contributed by atoms with van der Waals surface area (Å²) >= 11 is 0. The van der Waals surface area contributed by atoms with Gasteiger partial charge in [0.2, 0.25) is 0 Å². The second kappa shape index (κ2) is 21.9. The summed E-state index contributed by atoms with van der Waals surface area (Å²) in [5, 5.41) is 0. The molecule has 0 saturated carbocycles. The summed E-state index contributed by atoms with van der Waals surface area (Å²) < 4.78 is 13.5. The third kappa shape index (κ3) is 15.3. The molecule has 2 nitrogen and oxygen atoms in total. The molecule has 0 aliphatic heterocycles. The maximum atomic E-state index is 6.77. The Morgan fingerprint density at radius 2 is 0.719 bits per heavy atom. The topological polar surface area (TPSA) is 18.5 Å². The highest BCUT2D eigenvalue weighted by molar-refractivity contribution is 6.28. The van der Waals surface area contributed by atoms with Crippen LogP contribution in [-0.2, 0) is 8.85 Å². The number of hydrogen-bond acceptors (Lipinski definition) is 2. The monoisotopic (exact) mass is 486 g/mol. The van der Waals surface area contributed by atoms with Crippen LogP contribution in [0.5, 0.6) is 0 Å². The van der Waals surface area contributed by atoms with Gasteiger partial charge in [-0.1, -0.05) is 119 Å². The van der Waals surface area contributed by atoms with Crippen LogP contribution in [0, 0.1) is 0 Å². The van der Waals surface area contributed by atoms with Crippen LogP contribution >= 0.6 is 0 Å². The predicted molar refractivity (Wildman–Crippen MR) is 151 cm³/mol. The predicted octanol–water partition coefficient (Wildman–Crippen LogP) is 8.64. The van der Waals surface area contributed by atoms with Crippen molar-refractivity contribution in [2.24, 2.45) is 0 Å². The molecule has 0 fully saturated rings. The summed E-state index contributed by atoms with van der Waals surface area (Å²) in [5.41, 5.74) is 0.451. The zero-order chi connectivity index (χ0) is 24.0. The van der Waals surface area contributed by atoms with Gasteiger partial charge in [0.25, 0.3) is 0 Å². The second-order valence-electron chi connectivity index (χ2n) is 10.4. The molecule has 0 radical (unpaired) electrons. The molecule has 0 rings (SSSR count). The van der Waals surface area contributed by atoms with E-state index >= 15 is 0 Å². The first-order chi connectivity index (χ1) is 15.6. The van der Waals surface area contributed by atoms with Gasteiger partial charge in [0.1, 0.15) is 0 Å². The summed E-state index contributed by atoms with van der Waals surface area (Å²) in [4.78, 5) is 0. The average Bonchev–Trinajstić information content (AvgIpc) is 2.80. The first-order valence-corrected chi connectivity index (χ1v) is 18.0. The molecule has 0 bridgehead atoms. The standard InChI is InChI=1S/C28H62O2Si2/c1-7-13-21-27(19-11-5,22-14-8-2)29-31-25-17-18-26-32-30-28(20-12-6,23-15-9-3)24-16-10-4/h7-26,31-32H2,1-6H3. The molecule has 4 heteroatoms. The summed E-state index contributed by atoms with van der Waals surface area (Å²) in [7, 11) is -0.774. The van der Waals surface area contributed by atoms with Crippen molar-refractivity contribution in [2.45, 2.75) is 180 Å². The minimum Gasteiger partial charge on any atom is -0.419 e. The van der Waals surface area contributed by atoms with Crippen molar-refractivity contribution in [1.82, 2.24) is 0 Å². The lowest BCUT2D eigenvalue weighted by molar-refractivity contribution is 0.0384. The fourth-order valence-corrected chi connectivity index (χ4v) is 8.36. The summed E-state index contributed by atoms with van der Waals surface area (Å²) in [5.74, 6) is 0. The van der Waals surface area contributed by atoms with E-state index < -0.39 is 0 Å². The Bertz CT molecular complexity index is 338. The SMILES string of the molecule is CCCCC(CCC)(CCCC)O[SiH2]CCCC[SiH2]OC(CCC)(CCCC)CCCC. The first-order valence-electron chi connectivity index (χ1n) is 14.8. The third-order valence-electron chi connectivity index (χ3n) is 7.21. The van der Waals surface area contributed by atoms with Crippen molar-refractivity contribution in [1.29, 1.82) is 0 Å². The van der Waals surface area contributed by atoms with Crippen LogP contribution in [0.2, 0.25) is 12.1 Å². The van der Waals surface area contributed by atoms with Gasteiger partial charge in [0.15, 0.2) is 19.5 Å². The Labute approximate surface area is 208 Å². The normalized spacial score (nSPS) is 13.3. The fraction of sp³-hybridized carbons (Fsp3) is 1.00. The molecule has 0 aromatic heterocycles. The molecule has 0 spiro atoms. The molecule has 0 aromatic rings. The second-order valence-corrected chi connectivity index (χ2v) is 13.2. The van der Waals surface area contributed by atoms with Gasteiger partial charge in [-0.05, 0) is 50.6 Å². The van der Waals surface area contributed by atoms with Gasteiger partial charge in [-0.25, -0.2) is 0 Å². The molecule has 0 N–H and O–H groups in total. The van der Waals surface area contributed by atoms with E-state index in [0.29, 0.717) is 0 Å². The smallest absolute Gasteiger partial charge is 0.162 e. The quantitative estimate of drug-likeness (QED) is 0.0949. The first kappa shape index (κ1) is 32.4. The molecule has 0 unspecified atom stereocenters. The van der Waals surface area contributed by atoms with Crippen molar-refractivity contribution >= 4 is 19.5 Å². The summed E-state index contributed by atoms with van der Waals surface area (Å²) in [6.07, 6.45) is 23.5. The van der Waals surface area contributed by atoms with E-state index in [4.69, 9.17) is 8.85 Å². The van der Waals surface area contributed by atoms with Gasteiger partial charge >= 0.3 is 0 Å². The molecule has 0 heterocycles. The Balaban J connectivity index is 4.36. The Morgan fingerprint density at radius 1 is 0.406 bits per heavy atom. The molecule has 0 saturated heterocycles. The van der Waals surface area contributed by atoms with E-state index in [0.717, 1.165) is 0 Å². The van der Waals surface area contributed by atoms with Crippen molar-refractivity contribution in [3.05, 3.63) is 0 Å². The van der Waals surface area contributed by atoms with Gasteiger partial charge in [-0.15, -0.1) is 0 Å². The van der Waals surface area contributed by atoms with Crippen LogP contribution < -0.4 is 0 Å². The van der Waals surface area contributed by atoms with Gasteiger partial charge in [0, 0.05) is 0 Å². The van der Waals surface area contributed by atoms with Crippen molar-refractivity contribution in [2.75, 3.05) is 0 Å². The van der Waals surface area contributed by atoms with Gasteiger partial charge in [0.05, 0.1) is 11.2 Å².